The van der Waals surface area contributed by atoms with Crippen LogP contribution in [0.3, 0.4) is 0 Å². The molecule has 1 amide bonds. The summed E-state index contributed by atoms with van der Waals surface area (Å²) in [7, 11) is 0. The van der Waals surface area contributed by atoms with E-state index < -0.39 is 5.91 Å². The maximum atomic E-state index is 11.2. The number of hydrogen-bond donors (Lipinski definition) is 3. The molecular formula is C18H25N5O2S. The maximum Gasteiger partial charge on any atom is 0.267 e. The van der Waals surface area contributed by atoms with Crippen LogP contribution in [0.15, 0.2) is 23.5 Å². The van der Waals surface area contributed by atoms with Gasteiger partial charge >= 0.3 is 0 Å². The number of nitrogens with zero attached hydrogens (tertiary/aromatic N) is 3. The molecule has 1 aromatic carbocycles. The zero-order chi connectivity index (χ0) is 19.1. The van der Waals surface area contributed by atoms with E-state index >= 15 is 0 Å². The van der Waals surface area contributed by atoms with Crippen LogP contribution in [-0.4, -0.2) is 44.0 Å². The number of primary amides is 1. The molecule has 1 aliphatic rings. The Bertz CT molecular complexity index is 874. The van der Waals surface area contributed by atoms with Gasteiger partial charge < -0.3 is 10.8 Å². The number of benzene rings is 1. The fourth-order valence-electron chi connectivity index (χ4n) is 2.51. The number of fused-ring (bicyclic) bond motifs is 3. The maximum absolute atomic E-state index is 11.2. The molecule has 2 aromatic heterocycles. The van der Waals surface area contributed by atoms with Crippen molar-refractivity contribution in [1.82, 2.24) is 20.2 Å². The predicted octanol–water partition coefficient (Wildman–Crippen LogP) is 3.13. The molecule has 1 aliphatic carbocycles. The van der Waals surface area contributed by atoms with Crippen LogP contribution in [0.1, 0.15) is 43.6 Å². The van der Waals surface area contributed by atoms with E-state index in [-0.39, 0.29) is 0 Å². The predicted molar refractivity (Wildman–Crippen MR) is 105 cm³/mol. The van der Waals surface area contributed by atoms with Crippen molar-refractivity contribution in [3.8, 4) is 0 Å². The van der Waals surface area contributed by atoms with Crippen LogP contribution in [0.25, 0.3) is 21.8 Å². The van der Waals surface area contributed by atoms with Gasteiger partial charge in [-0.15, -0.1) is 0 Å². The fraction of sp³-hybridized carbons (Fsp3) is 0.444. The number of aromatic amines is 1. The number of aromatic nitrogens is 4. The third-order valence-electron chi connectivity index (χ3n) is 4.16. The number of aliphatic hydroxyl groups is 1. The molecule has 26 heavy (non-hydrogen) atoms. The summed E-state index contributed by atoms with van der Waals surface area (Å²) >= 11 is 1.45. The standard InChI is InChI=1S/C11H9N5OS.C5H10O.C2H6/c1-18-11-13-4-5-2-3-6-8(7(5)14-11)15-16-9(6)10(12)17;6-4-5-2-1-3-5;1-2/h2-4H,1H3,(H2,12,17)(H,15,16);5-6H,1-4H2;1-2H3. The smallest absolute Gasteiger partial charge is 0.267 e. The number of hydrogen-bond acceptors (Lipinski definition) is 6. The van der Waals surface area contributed by atoms with Crippen molar-refractivity contribution in [2.45, 2.75) is 38.3 Å². The first kappa shape index (κ1) is 20.1. The van der Waals surface area contributed by atoms with Gasteiger partial charge in [0.1, 0.15) is 16.7 Å². The second kappa shape index (κ2) is 9.49. The molecule has 7 nitrogen and oxygen atoms in total. The summed E-state index contributed by atoms with van der Waals surface area (Å²) in [5.74, 6) is 0.140. The van der Waals surface area contributed by atoms with Crippen LogP contribution < -0.4 is 5.73 Å². The highest BCUT2D eigenvalue weighted by atomic mass is 32.2. The van der Waals surface area contributed by atoms with Crippen LogP contribution in [0.4, 0.5) is 0 Å². The molecule has 0 bridgehead atoms. The summed E-state index contributed by atoms with van der Waals surface area (Å²) in [5, 5.41) is 17.4. The number of H-pyrrole nitrogens is 1. The minimum absolute atomic E-state index is 0.302. The number of nitrogens with one attached hydrogen (secondary N) is 1. The van der Waals surface area contributed by atoms with Crippen molar-refractivity contribution in [1.29, 1.82) is 0 Å². The first-order chi connectivity index (χ1) is 12.6. The van der Waals surface area contributed by atoms with Gasteiger partial charge in [0.2, 0.25) is 0 Å². The van der Waals surface area contributed by atoms with Gasteiger partial charge in [-0.1, -0.05) is 38.1 Å². The molecule has 2 heterocycles. The third kappa shape index (κ3) is 4.31. The average molecular weight is 375 g/mol. The lowest BCUT2D eigenvalue weighted by atomic mass is 9.86. The molecular weight excluding hydrogens is 350 g/mol. The molecule has 4 rings (SSSR count). The molecule has 140 valence electrons. The quantitative estimate of drug-likeness (QED) is 0.478. The molecule has 0 radical (unpaired) electrons. The van der Waals surface area contributed by atoms with Crippen LogP contribution in [-0.2, 0) is 0 Å². The molecule has 0 spiro atoms. The van der Waals surface area contributed by atoms with Gasteiger partial charge in [0.15, 0.2) is 5.16 Å². The van der Waals surface area contributed by atoms with Crippen molar-refractivity contribution in [2.24, 2.45) is 11.7 Å². The Hall–Kier alpha value is -2.19. The van der Waals surface area contributed by atoms with Crippen LogP contribution >= 0.6 is 11.8 Å². The Morgan fingerprint density at radius 2 is 2.08 bits per heavy atom. The summed E-state index contributed by atoms with van der Waals surface area (Å²) in [6, 6.07) is 3.65. The van der Waals surface area contributed by atoms with E-state index in [1.165, 1.54) is 31.0 Å². The van der Waals surface area contributed by atoms with Crippen LogP contribution in [0.5, 0.6) is 0 Å². The minimum atomic E-state index is -0.531. The van der Waals surface area contributed by atoms with Crippen molar-refractivity contribution in [3.63, 3.8) is 0 Å². The van der Waals surface area contributed by atoms with E-state index in [2.05, 4.69) is 20.2 Å². The van der Waals surface area contributed by atoms with Gasteiger partial charge in [0.05, 0.1) is 0 Å². The van der Waals surface area contributed by atoms with E-state index in [0.29, 0.717) is 34.3 Å². The number of aliphatic hydroxyl groups excluding tert-OH is 1. The van der Waals surface area contributed by atoms with Crippen molar-refractivity contribution in [3.05, 3.63) is 24.0 Å². The highest BCUT2D eigenvalue weighted by Gasteiger charge is 2.15. The van der Waals surface area contributed by atoms with E-state index in [4.69, 9.17) is 10.8 Å². The normalized spacial score (nSPS) is 13.4. The number of nitrogens with two attached hydrogens (primary N) is 1. The summed E-state index contributed by atoms with van der Waals surface area (Å²) in [4.78, 5) is 19.9. The first-order valence-electron chi connectivity index (χ1n) is 8.72. The van der Waals surface area contributed by atoms with E-state index in [1.54, 1.807) is 12.3 Å². The topological polar surface area (TPSA) is 118 Å². The number of amides is 1. The Labute approximate surface area is 156 Å². The number of carbonyl (C=O) groups is 1. The van der Waals surface area contributed by atoms with E-state index in [9.17, 15) is 4.79 Å². The SMILES string of the molecule is CC.CSc1ncc2ccc3c(C(N)=O)[nH]nc3c2n1.OCC1CCC1. The van der Waals surface area contributed by atoms with Gasteiger partial charge in [-0.05, 0) is 31.1 Å². The summed E-state index contributed by atoms with van der Waals surface area (Å²) in [5.41, 5.74) is 6.94. The Morgan fingerprint density at radius 1 is 1.35 bits per heavy atom. The summed E-state index contributed by atoms with van der Waals surface area (Å²) < 4.78 is 0. The fourth-order valence-corrected chi connectivity index (χ4v) is 2.86. The molecule has 1 saturated carbocycles. The number of carbonyl (C=O) groups excluding carboxylic acids is 1. The van der Waals surface area contributed by atoms with Gasteiger partial charge in [0.25, 0.3) is 5.91 Å². The largest absolute Gasteiger partial charge is 0.396 e. The molecule has 0 atom stereocenters. The number of rotatable bonds is 3. The Morgan fingerprint density at radius 3 is 2.58 bits per heavy atom. The summed E-state index contributed by atoms with van der Waals surface area (Å²) in [6.07, 6.45) is 7.51. The van der Waals surface area contributed by atoms with Crippen LogP contribution in [0, 0.1) is 5.92 Å². The third-order valence-corrected chi connectivity index (χ3v) is 4.73. The molecule has 4 N–H and O–H groups in total. The molecule has 3 aromatic rings. The minimum Gasteiger partial charge on any atom is -0.396 e. The lowest BCUT2D eigenvalue weighted by molar-refractivity contribution is 0.0997. The molecule has 8 heteroatoms. The molecule has 0 saturated heterocycles. The van der Waals surface area contributed by atoms with Crippen molar-refractivity contribution >= 4 is 39.5 Å². The Balaban J connectivity index is 0.000000256. The highest BCUT2D eigenvalue weighted by Crippen LogP contribution is 2.25. The molecule has 1 fully saturated rings. The molecule has 0 aliphatic heterocycles. The van der Waals surface area contributed by atoms with Gasteiger partial charge in [-0.2, -0.15) is 5.10 Å². The summed E-state index contributed by atoms with van der Waals surface area (Å²) in [6.45, 7) is 4.42. The first-order valence-corrected chi connectivity index (χ1v) is 9.95. The highest BCUT2D eigenvalue weighted by molar-refractivity contribution is 7.98. The lowest BCUT2D eigenvalue weighted by Gasteiger charge is -2.21. The van der Waals surface area contributed by atoms with Gasteiger partial charge in [-0.25, -0.2) is 9.97 Å². The van der Waals surface area contributed by atoms with Gasteiger partial charge in [-0.3, -0.25) is 9.89 Å². The molecule has 0 unspecified atom stereocenters. The zero-order valence-corrected chi connectivity index (χ0v) is 16.1. The van der Waals surface area contributed by atoms with Crippen molar-refractivity contribution < 1.29 is 9.90 Å². The Kier molecular flexibility index (Phi) is 7.35. The monoisotopic (exact) mass is 375 g/mol. The number of thioether (sulfide) groups is 1. The second-order valence-corrected chi connectivity index (χ2v) is 6.47. The average Bonchev–Trinajstić information content (AvgIpc) is 3.07. The van der Waals surface area contributed by atoms with E-state index in [0.717, 1.165) is 10.9 Å². The van der Waals surface area contributed by atoms with E-state index in [1.807, 2.05) is 26.2 Å². The second-order valence-electron chi connectivity index (χ2n) is 5.70. The van der Waals surface area contributed by atoms with Gasteiger partial charge in [0, 0.05) is 23.6 Å². The lowest BCUT2D eigenvalue weighted by Crippen LogP contribution is -2.14. The van der Waals surface area contributed by atoms with Crippen LogP contribution in [0.2, 0.25) is 0 Å². The van der Waals surface area contributed by atoms with Crippen molar-refractivity contribution in [2.75, 3.05) is 12.9 Å². The zero-order valence-electron chi connectivity index (χ0n) is 15.3.